The average molecular weight is 219 g/mol. The van der Waals surface area contributed by atoms with E-state index in [1.165, 1.54) is 18.7 Å². The van der Waals surface area contributed by atoms with Gasteiger partial charge in [-0.15, -0.1) is 0 Å². The highest BCUT2D eigenvalue weighted by atomic mass is 32.2. The standard InChI is InChI=1S/C9H17NO3S/c1-3-4-7-14-9(12)10-5-6-13-8(2)11/h3-7H2,1-2H3,(H,10,12). The molecule has 0 aliphatic heterocycles. The van der Waals surface area contributed by atoms with Gasteiger partial charge < -0.3 is 10.1 Å². The minimum absolute atomic E-state index is 0.0504. The monoisotopic (exact) mass is 219 g/mol. The van der Waals surface area contributed by atoms with Gasteiger partial charge in [-0.1, -0.05) is 25.1 Å². The summed E-state index contributed by atoms with van der Waals surface area (Å²) in [5.74, 6) is 0.522. The fourth-order valence-corrected chi connectivity index (χ4v) is 1.53. The molecule has 0 aromatic rings. The number of hydrogen-bond acceptors (Lipinski definition) is 4. The van der Waals surface area contributed by atoms with Crippen LogP contribution in [-0.4, -0.2) is 30.1 Å². The van der Waals surface area contributed by atoms with Gasteiger partial charge in [-0.2, -0.15) is 0 Å². The highest BCUT2D eigenvalue weighted by Gasteiger charge is 2.00. The number of nitrogens with one attached hydrogen (secondary N) is 1. The highest BCUT2D eigenvalue weighted by Crippen LogP contribution is 2.04. The van der Waals surface area contributed by atoms with Crippen LogP contribution in [0.5, 0.6) is 0 Å². The van der Waals surface area contributed by atoms with Crippen LogP contribution in [0.4, 0.5) is 4.79 Å². The zero-order valence-electron chi connectivity index (χ0n) is 8.67. The average Bonchev–Trinajstić information content (AvgIpc) is 2.13. The number of hydrogen-bond donors (Lipinski definition) is 1. The van der Waals surface area contributed by atoms with Gasteiger partial charge in [-0.05, 0) is 6.42 Å². The predicted molar refractivity (Wildman–Crippen MR) is 57.4 cm³/mol. The van der Waals surface area contributed by atoms with E-state index in [2.05, 4.69) is 17.0 Å². The summed E-state index contributed by atoms with van der Waals surface area (Å²) >= 11 is 1.27. The number of rotatable bonds is 6. The number of carbonyl (C=O) groups is 2. The second kappa shape index (κ2) is 8.87. The van der Waals surface area contributed by atoms with Crippen molar-refractivity contribution in [2.75, 3.05) is 18.9 Å². The van der Waals surface area contributed by atoms with Gasteiger partial charge in [-0.3, -0.25) is 9.59 Å². The van der Waals surface area contributed by atoms with Gasteiger partial charge in [0.05, 0.1) is 6.54 Å². The number of amides is 1. The zero-order valence-corrected chi connectivity index (χ0v) is 9.49. The molecule has 0 rings (SSSR count). The van der Waals surface area contributed by atoms with Crippen LogP contribution in [0, 0.1) is 0 Å². The molecule has 0 aliphatic rings. The lowest BCUT2D eigenvalue weighted by Gasteiger charge is -2.04. The quantitative estimate of drug-likeness (QED) is 0.546. The van der Waals surface area contributed by atoms with Crippen molar-refractivity contribution >= 4 is 23.0 Å². The Bertz CT molecular complexity index is 185. The second-order valence-electron chi connectivity index (χ2n) is 2.76. The van der Waals surface area contributed by atoms with Crippen molar-refractivity contribution in [2.45, 2.75) is 26.7 Å². The molecule has 4 nitrogen and oxygen atoms in total. The molecule has 0 heterocycles. The van der Waals surface area contributed by atoms with E-state index in [0.717, 1.165) is 18.6 Å². The van der Waals surface area contributed by atoms with Gasteiger partial charge in [0.2, 0.25) is 0 Å². The molecule has 1 N–H and O–H groups in total. The maximum Gasteiger partial charge on any atom is 0.302 e. The minimum atomic E-state index is -0.321. The van der Waals surface area contributed by atoms with Gasteiger partial charge in [-0.25, -0.2) is 0 Å². The van der Waals surface area contributed by atoms with Gasteiger partial charge in [0.1, 0.15) is 6.61 Å². The molecule has 0 unspecified atom stereocenters. The molecule has 0 spiro atoms. The van der Waals surface area contributed by atoms with Crippen LogP contribution in [-0.2, 0) is 9.53 Å². The molecule has 0 saturated heterocycles. The molecule has 0 fully saturated rings. The van der Waals surface area contributed by atoms with Crippen molar-refractivity contribution in [3.8, 4) is 0 Å². The molecule has 1 amide bonds. The fraction of sp³-hybridized carbons (Fsp3) is 0.778. The molecule has 0 saturated carbocycles. The Labute approximate surface area is 88.8 Å². The Morgan fingerprint density at radius 1 is 1.43 bits per heavy atom. The third-order valence-corrected chi connectivity index (χ3v) is 2.31. The van der Waals surface area contributed by atoms with E-state index in [4.69, 9.17) is 0 Å². The third-order valence-electron chi connectivity index (χ3n) is 1.41. The highest BCUT2D eigenvalue weighted by molar-refractivity contribution is 8.13. The van der Waals surface area contributed by atoms with Crippen molar-refractivity contribution in [1.29, 1.82) is 0 Å². The molecular formula is C9H17NO3S. The lowest BCUT2D eigenvalue weighted by Crippen LogP contribution is -2.24. The first-order chi connectivity index (χ1) is 6.66. The maximum absolute atomic E-state index is 11.1. The number of carbonyl (C=O) groups excluding carboxylic acids is 2. The molecular weight excluding hydrogens is 202 g/mol. The summed E-state index contributed by atoms with van der Waals surface area (Å²) in [7, 11) is 0. The molecule has 0 aromatic carbocycles. The smallest absolute Gasteiger partial charge is 0.302 e. The van der Waals surface area contributed by atoms with E-state index < -0.39 is 0 Å². The van der Waals surface area contributed by atoms with Crippen molar-refractivity contribution in [3.05, 3.63) is 0 Å². The Morgan fingerprint density at radius 2 is 2.14 bits per heavy atom. The summed E-state index contributed by atoms with van der Waals surface area (Å²) in [5, 5.41) is 2.59. The fourth-order valence-electron chi connectivity index (χ4n) is 0.708. The Balaban J connectivity index is 3.22. The van der Waals surface area contributed by atoms with Crippen molar-refractivity contribution in [2.24, 2.45) is 0 Å². The second-order valence-corrected chi connectivity index (χ2v) is 3.82. The van der Waals surface area contributed by atoms with E-state index in [0.29, 0.717) is 6.54 Å². The summed E-state index contributed by atoms with van der Waals surface area (Å²) in [6.07, 6.45) is 2.13. The molecule has 0 radical (unpaired) electrons. The predicted octanol–water partition coefficient (Wildman–Crippen LogP) is 1.79. The van der Waals surface area contributed by atoms with Crippen LogP contribution in [0.15, 0.2) is 0 Å². The first-order valence-corrected chi connectivity index (χ1v) is 5.69. The molecule has 0 atom stereocenters. The summed E-state index contributed by atoms with van der Waals surface area (Å²) < 4.78 is 4.65. The van der Waals surface area contributed by atoms with Crippen LogP contribution in [0.3, 0.4) is 0 Å². The van der Waals surface area contributed by atoms with Gasteiger partial charge in [0, 0.05) is 12.7 Å². The Morgan fingerprint density at radius 3 is 2.71 bits per heavy atom. The van der Waals surface area contributed by atoms with Gasteiger partial charge >= 0.3 is 5.97 Å². The van der Waals surface area contributed by atoms with Crippen LogP contribution >= 0.6 is 11.8 Å². The lowest BCUT2D eigenvalue weighted by molar-refractivity contribution is -0.140. The van der Waals surface area contributed by atoms with Crippen molar-refractivity contribution in [1.82, 2.24) is 5.32 Å². The molecule has 0 bridgehead atoms. The molecule has 0 aliphatic carbocycles. The molecule has 5 heteroatoms. The normalized spacial score (nSPS) is 9.57. The first kappa shape index (κ1) is 13.3. The minimum Gasteiger partial charge on any atom is -0.464 e. The van der Waals surface area contributed by atoms with Crippen LogP contribution < -0.4 is 5.32 Å². The van der Waals surface area contributed by atoms with E-state index in [9.17, 15) is 9.59 Å². The van der Waals surface area contributed by atoms with Gasteiger partial charge in [0.25, 0.3) is 5.24 Å². The first-order valence-electron chi connectivity index (χ1n) is 4.70. The van der Waals surface area contributed by atoms with Crippen molar-refractivity contribution < 1.29 is 14.3 Å². The third kappa shape index (κ3) is 9.38. The molecule has 14 heavy (non-hydrogen) atoms. The Kier molecular flexibility index (Phi) is 8.42. The number of unbranched alkanes of at least 4 members (excludes halogenated alkanes) is 1. The topological polar surface area (TPSA) is 55.4 Å². The van der Waals surface area contributed by atoms with Crippen LogP contribution in [0.1, 0.15) is 26.7 Å². The van der Waals surface area contributed by atoms with E-state index in [1.807, 2.05) is 0 Å². The SMILES string of the molecule is CCCCSC(=O)NCCOC(C)=O. The maximum atomic E-state index is 11.1. The van der Waals surface area contributed by atoms with Crippen LogP contribution in [0.2, 0.25) is 0 Å². The summed E-state index contributed by atoms with van der Waals surface area (Å²) in [6.45, 7) is 4.06. The summed E-state index contributed by atoms with van der Waals surface area (Å²) in [4.78, 5) is 21.4. The number of esters is 1. The lowest BCUT2D eigenvalue weighted by atomic mass is 10.4. The van der Waals surface area contributed by atoms with Crippen LogP contribution in [0.25, 0.3) is 0 Å². The van der Waals surface area contributed by atoms with Gasteiger partial charge in [0.15, 0.2) is 0 Å². The zero-order chi connectivity index (χ0) is 10.8. The summed E-state index contributed by atoms with van der Waals surface area (Å²) in [6, 6.07) is 0. The largest absolute Gasteiger partial charge is 0.464 e. The Hall–Kier alpha value is -0.710. The number of ether oxygens (including phenoxy) is 1. The van der Waals surface area contributed by atoms with E-state index in [-0.39, 0.29) is 17.8 Å². The van der Waals surface area contributed by atoms with E-state index >= 15 is 0 Å². The summed E-state index contributed by atoms with van der Waals surface area (Å²) in [5.41, 5.74) is 0. The number of thioether (sulfide) groups is 1. The van der Waals surface area contributed by atoms with Crippen molar-refractivity contribution in [3.63, 3.8) is 0 Å². The molecule has 82 valence electrons. The molecule has 0 aromatic heterocycles. The van der Waals surface area contributed by atoms with E-state index in [1.54, 1.807) is 0 Å².